The molecule has 0 aromatic carbocycles. The lowest BCUT2D eigenvalue weighted by Crippen LogP contribution is -2.65. The third-order valence-corrected chi connectivity index (χ3v) is 12.2. The predicted molar refractivity (Wildman–Crippen MR) is 107 cm³/mol. The molecule has 5 aliphatic rings. The molecule has 0 radical (unpaired) electrons. The van der Waals surface area contributed by atoms with Crippen LogP contribution in [0.25, 0.3) is 0 Å². The fraction of sp³-hybridized carbons (Fsp3) is 0.773. The van der Waals surface area contributed by atoms with Gasteiger partial charge in [0.25, 0.3) is 0 Å². The Hall–Kier alpha value is -0.833. The van der Waals surface area contributed by atoms with Gasteiger partial charge in [-0.2, -0.15) is 0 Å². The summed E-state index contributed by atoms with van der Waals surface area (Å²) in [6.45, 7) is 14.3. The Morgan fingerprint density at radius 2 is 1.60 bits per heavy atom. The van der Waals surface area contributed by atoms with E-state index in [9.17, 15) is 4.79 Å². The Morgan fingerprint density at radius 1 is 1.04 bits per heavy atom. The van der Waals surface area contributed by atoms with Crippen LogP contribution in [0.1, 0.15) is 59.8 Å². The minimum atomic E-state index is -1.17. The Kier molecular flexibility index (Phi) is 3.75. The highest BCUT2D eigenvalue weighted by molar-refractivity contribution is 6.61. The van der Waals surface area contributed by atoms with Gasteiger partial charge < -0.3 is 5.73 Å². The molecule has 4 saturated carbocycles. The second kappa shape index (κ2) is 5.34. The lowest BCUT2D eigenvalue weighted by Gasteiger charge is -2.69. The van der Waals surface area contributed by atoms with Crippen molar-refractivity contribution in [1.29, 1.82) is 0 Å². The average Bonchev–Trinajstić information content (AvgIpc) is 2.71. The number of carbonyl (C=O) groups excluding carboxylic acids is 1. The van der Waals surface area contributed by atoms with Gasteiger partial charge in [0, 0.05) is 13.8 Å². The molecule has 4 bridgehead atoms. The summed E-state index contributed by atoms with van der Waals surface area (Å²) >= 11 is 0. The summed E-state index contributed by atoms with van der Waals surface area (Å²) in [5.74, 6) is 2.72. The predicted octanol–water partition coefficient (Wildman–Crippen LogP) is 4.83. The summed E-state index contributed by atoms with van der Waals surface area (Å²) in [5.41, 5.74) is 12.2. The van der Waals surface area contributed by atoms with Crippen LogP contribution in [0.4, 0.5) is 0 Å². The maximum atomic E-state index is 13.1. The molecule has 0 saturated heterocycles. The fourth-order valence-corrected chi connectivity index (χ4v) is 12.1. The van der Waals surface area contributed by atoms with Crippen molar-refractivity contribution in [3.05, 3.63) is 22.3 Å². The fourth-order valence-electron chi connectivity index (χ4n) is 8.32. The number of allylic oxidation sites excluding steroid dienone is 4. The Bertz CT molecular complexity index is 689. The van der Waals surface area contributed by atoms with Gasteiger partial charge in [-0.3, -0.25) is 4.79 Å². The first-order chi connectivity index (χ1) is 11.7. The zero-order valence-electron chi connectivity index (χ0n) is 16.9. The molecule has 4 fully saturated rings. The highest BCUT2D eigenvalue weighted by atomic mass is 28.3. The third-order valence-electron chi connectivity index (χ3n) is 9.08. The molecule has 1 amide bonds. The molecule has 4 unspecified atom stereocenters. The molecule has 2 nitrogen and oxygen atoms in total. The number of carbonyl (C=O) groups is 1. The van der Waals surface area contributed by atoms with Crippen LogP contribution in [0, 0.1) is 29.1 Å². The summed E-state index contributed by atoms with van der Waals surface area (Å²) < 4.78 is 0. The highest BCUT2D eigenvalue weighted by Gasteiger charge is 2.70. The number of rotatable bonds is 3. The number of amides is 1. The minimum Gasteiger partial charge on any atom is -0.369 e. The number of hydrogen-bond donors (Lipinski definition) is 1. The summed E-state index contributed by atoms with van der Waals surface area (Å²) in [5, 5.41) is 0.106. The van der Waals surface area contributed by atoms with Crippen molar-refractivity contribution >= 4 is 14.7 Å². The lowest BCUT2D eigenvalue weighted by molar-refractivity contribution is -0.150. The van der Waals surface area contributed by atoms with Gasteiger partial charge in [0.2, 0.25) is 5.91 Å². The molecule has 25 heavy (non-hydrogen) atoms. The summed E-state index contributed by atoms with van der Waals surface area (Å²) in [6, 6.07) is 0. The molecule has 0 aromatic rings. The van der Waals surface area contributed by atoms with Gasteiger partial charge in [-0.25, -0.2) is 0 Å². The first kappa shape index (κ1) is 17.6. The molecule has 5 aliphatic carbocycles. The van der Waals surface area contributed by atoms with E-state index in [0.29, 0.717) is 11.8 Å². The van der Waals surface area contributed by atoms with E-state index in [4.69, 9.17) is 5.73 Å². The zero-order chi connectivity index (χ0) is 18.3. The van der Waals surface area contributed by atoms with E-state index in [2.05, 4.69) is 40.8 Å². The largest absolute Gasteiger partial charge is 0.369 e. The molecule has 0 aliphatic heterocycles. The third kappa shape index (κ3) is 1.89. The Labute approximate surface area is 154 Å². The van der Waals surface area contributed by atoms with Crippen molar-refractivity contribution in [3.8, 4) is 0 Å². The molecular weight excluding hydrogens is 322 g/mol. The van der Waals surface area contributed by atoms with Crippen molar-refractivity contribution in [2.24, 2.45) is 34.8 Å². The second-order valence-corrected chi connectivity index (χ2v) is 13.3. The minimum absolute atomic E-state index is 0.0301. The lowest BCUT2D eigenvalue weighted by atomic mass is 9.42. The van der Waals surface area contributed by atoms with Gasteiger partial charge in [-0.05, 0) is 87.7 Å². The molecule has 0 heterocycles. The van der Waals surface area contributed by atoms with Crippen molar-refractivity contribution < 1.29 is 4.79 Å². The van der Waals surface area contributed by atoms with Crippen LogP contribution in [0.5, 0.6) is 0 Å². The summed E-state index contributed by atoms with van der Waals surface area (Å²) in [7, 11) is -1.17. The normalized spacial score (nSPS) is 45.9. The monoisotopic (exact) mass is 357 g/mol. The Morgan fingerprint density at radius 3 is 2.00 bits per heavy atom. The number of nitrogens with two attached hydrogens (primary N) is 1. The smallest absolute Gasteiger partial charge is 0.224 e. The van der Waals surface area contributed by atoms with Crippen molar-refractivity contribution in [2.75, 3.05) is 0 Å². The van der Waals surface area contributed by atoms with Crippen LogP contribution in [0.3, 0.4) is 0 Å². The van der Waals surface area contributed by atoms with Gasteiger partial charge in [-0.1, -0.05) is 31.2 Å². The van der Waals surface area contributed by atoms with Crippen molar-refractivity contribution in [1.82, 2.24) is 0 Å². The maximum Gasteiger partial charge on any atom is 0.224 e. The SMILES string of the molecule is CC1=C(C)C(C)C(C2([SiH](C)C)C3CC4CC(C3)CC2(C(N)=O)C4)=C1C. The van der Waals surface area contributed by atoms with Crippen LogP contribution in [0.2, 0.25) is 18.1 Å². The van der Waals surface area contributed by atoms with E-state index in [0.717, 1.165) is 24.7 Å². The van der Waals surface area contributed by atoms with Crippen LogP contribution < -0.4 is 5.73 Å². The van der Waals surface area contributed by atoms with E-state index < -0.39 is 8.80 Å². The quantitative estimate of drug-likeness (QED) is 0.722. The number of hydrogen-bond acceptors (Lipinski definition) is 1. The van der Waals surface area contributed by atoms with Crippen molar-refractivity contribution in [2.45, 2.75) is 77.9 Å². The van der Waals surface area contributed by atoms with Crippen LogP contribution >= 0.6 is 0 Å². The van der Waals surface area contributed by atoms with Crippen LogP contribution in [0.15, 0.2) is 22.3 Å². The Balaban J connectivity index is 1.99. The highest BCUT2D eigenvalue weighted by Crippen LogP contribution is 2.77. The van der Waals surface area contributed by atoms with Crippen LogP contribution in [-0.4, -0.2) is 14.7 Å². The summed E-state index contributed by atoms with van der Waals surface area (Å²) in [6.07, 6.45) is 6.19. The van der Waals surface area contributed by atoms with E-state index in [-0.39, 0.29) is 16.4 Å². The molecule has 3 heteroatoms. The van der Waals surface area contributed by atoms with Gasteiger partial charge in [-0.15, -0.1) is 0 Å². The molecule has 0 aromatic heterocycles. The molecular formula is C22H35NOSi. The van der Waals surface area contributed by atoms with E-state index in [1.54, 1.807) is 5.57 Å². The van der Waals surface area contributed by atoms with Gasteiger partial charge in [0.15, 0.2) is 0 Å². The molecule has 2 N–H and O–H groups in total. The average molecular weight is 358 g/mol. The van der Waals surface area contributed by atoms with Crippen molar-refractivity contribution in [3.63, 3.8) is 0 Å². The maximum absolute atomic E-state index is 13.1. The van der Waals surface area contributed by atoms with Gasteiger partial charge in [0.05, 0.1) is 5.41 Å². The molecule has 138 valence electrons. The van der Waals surface area contributed by atoms with Gasteiger partial charge in [0.1, 0.15) is 0 Å². The van der Waals surface area contributed by atoms with E-state index in [1.807, 2.05) is 0 Å². The standard InChI is InChI=1S/C22H35NOSi/c1-12-13(2)15(4)19(14(12)3)22(25(5)6)18-8-16-7-17(9-18)11-21(22,10-16)20(23)24/h14,16-18,25H,7-11H2,1-6H3,(H2,23,24). The molecule has 0 spiro atoms. The molecule has 4 atom stereocenters. The first-order valence-corrected chi connectivity index (χ1v) is 13.2. The summed E-state index contributed by atoms with van der Waals surface area (Å²) in [4.78, 5) is 13.1. The topological polar surface area (TPSA) is 43.1 Å². The van der Waals surface area contributed by atoms with Gasteiger partial charge >= 0.3 is 0 Å². The molecule has 5 rings (SSSR count). The number of primary amides is 1. The van der Waals surface area contributed by atoms with E-state index >= 15 is 0 Å². The van der Waals surface area contributed by atoms with E-state index in [1.165, 1.54) is 36.0 Å². The van der Waals surface area contributed by atoms with Crippen LogP contribution in [-0.2, 0) is 4.79 Å². The first-order valence-electron chi connectivity index (χ1n) is 10.4. The zero-order valence-corrected chi connectivity index (χ0v) is 18.1. The second-order valence-electron chi connectivity index (χ2n) is 10.1.